The zero-order chi connectivity index (χ0) is 14.1. The van der Waals surface area contributed by atoms with Gasteiger partial charge in [-0.25, -0.2) is 4.39 Å². The van der Waals surface area contributed by atoms with Gasteiger partial charge in [0.1, 0.15) is 0 Å². The lowest BCUT2D eigenvalue weighted by atomic mass is 10.1. The Morgan fingerprint density at radius 3 is 2.74 bits per heavy atom. The smallest absolute Gasteiger partial charge is 0.305 e. The summed E-state index contributed by atoms with van der Waals surface area (Å²) in [7, 11) is 0. The van der Waals surface area contributed by atoms with E-state index in [9.17, 15) is 9.18 Å². The molecule has 0 fully saturated rings. The Hall–Kier alpha value is -1.58. The minimum absolute atomic E-state index is 0.190. The van der Waals surface area contributed by atoms with Gasteiger partial charge in [-0.05, 0) is 37.8 Å². The third kappa shape index (κ3) is 5.28. The van der Waals surface area contributed by atoms with Crippen LogP contribution in [0.15, 0.2) is 18.2 Å². The molecule has 0 bridgehead atoms. The summed E-state index contributed by atoms with van der Waals surface area (Å²) in [6, 6.07) is 5.18. The monoisotopic (exact) mass is 268 g/mol. The largest absolute Gasteiger partial charge is 0.491 e. The molecular formula is C15H21FO3. The van der Waals surface area contributed by atoms with E-state index in [1.807, 2.05) is 6.92 Å². The summed E-state index contributed by atoms with van der Waals surface area (Å²) in [6.07, 6.45) is 2.54. The number of hydrogen-bond acceptors (Lipinski definition) is 3. The maximum absolute atomic E-state index is 13.9. The molecule has 0 unspecified atom stereocenters. The van der Waals surface area contributed by atoms with E-state index < -0.39 is 0 Å². The number of carbonyl (C=O) groups is 1. The Balaban J connectivity index is 2.37. The molecule has 0 aromatic heterocycles. The van der Waals surface area contributed by atoms with Crippen LogP contribution in [-0.2, 0) is 16.0 Å². The normalized spacial score (nSPS) is 10.3. The zero-order valence-corrected chi connectivity index (χ0v) is 11.6. The lowest BCUT2D eigenvalue weighted by Crippen LogP contribution is -2.04. The number of halogens is 1. The van der Waals surface area contributed by atoms with Crippen molar-refractivity contribution in [3.8, 4) is 5.75 Å². The maximum Gasteiger partial charge on any atom is 0.305 e. The van der Waals surface area contributed by atoms with E-state index in [-0.39, 0.29) is 11.8 Å². The highest BCUT2D eigenvalue weighted by atomic mass is 19.1. The lowest BCUT2D eigenvalue weighted by molar-refractivity contribution is -0.143. The summed E-state index contributed by atoms with van der Waals surface area (Å²) in [6.45, 7) is 4.44. The number of esters is 1. The van der Waals surface area contributed by atoms with Gasteiger partial charge < -0.3 is 9.47 Å². The number of carbonyl (C=O) groups excluding carboxylic acids is 1. The minimum atomic E-state index is -0.282. The summed E-state index contributed by atoms with van der Waals surface area (Å²) in [4.78, 5) is 10.9. The maximum atomic E-state index is 13.9. The highest BCUT2D eigenvalue weighted by Gasteiger charge is 2.08. The fraction of sp³-hybridized carbons (Fsp3) is 0.533. The van der Waals surface area contributed by atoms with Crippen LogP contribution in [0.3, 0.4) is 0 Å². The van der Waals surface area contributed by atoms with Crippen LogP contribution in [0.1, 0.15) is 38.7 Å². The van der Waals surface area contributed by atoms with Crippen molar-refractivity contribution in [3.63, 3.8) is 0 Å². The first kappa shape index (κ1) is 15.5. The third-order valence-corrected chi connectivity index (χ3v) is 2.74. The minimum Gasteiger partial charge on any atom is -0.491 e. The molecule has 0 aliphatic rings. The van der Waals surface area contributed by atoms with Crippen LogP contribution in [0.4, 0.5) is 4.39 Å². The van der Waals surface area contributed by atoms with Gasteiger partial charge in [0.05, 0.1) is 13.2 Å². The Bertz CT molecular complexity index is 404. The number of aryl methyl sites for hydroxylation is 1. The van der Waals surface area contributed by atoms with E-state index >= 15 is 0 Å². The molecule has 3 nitrogen and oxygen atoms in total. The van der Waals surface area contributed by atoms with Gasteiger partial charge in [0.25, 0.3) is 0 Å². The summed E-state index contributed by atoms with van der Waals surface area (Å²) in [5.41, 5.74) is 0.646. The first-order chi connectivity index (χ1) is 9.19. The van der Waals surface area contributed by atoms with Crippen LogP contribution < -0.4 is 4.74 Å². The van der Waals surface area contributed by atoms with Gasteiger partial charge in [0, 0.05) is 6.42 Å². The lowest BCUT2D eigenvalue weighted by Gasteiger charge is -2.09. The van der Waals surface area contributed by atoms with Crippen molar-refractivity contribution in [2.75, 3.05) is 13.2 Å². The van der Waals surface area contributed by atoms with Gasteiger partial charge in [-0.1, -0.05) is 19.1 Å². The number of ether oxygens (including phenoxy) is 2. The predicted octanol–water partition coefficient (Wildman–Crippen LogP) is 3.50. The van der Waals surface area contributed by atoms with Gasteiger partial charge in [-0.2, -0.15) is 0 Å². The molecule has 0 heterocycles. The van der Waals surface area contributed by atoms with Crippen LogP contribution in [0.25, 0.3) is 0 Å². The van der Waals surface area contributed by atoms with Crippen molar-refractivity contribution in [2.45, 2.75) is 39.5 Å². The molecule has 0 amide bonds. The van der Waals surface area contributed by atoms with Crippen molar-refractivity contribution in [1.82, 2.24) is 0 Å². The molecule has 0 saturated heterocycles. The van der Waals surface area contributed by atoms with Crippen molar-refractivity contribution in [2.24, 2.45) is 0 Å². The highest BCUT2D eigenvalue weighted by molar-refractivity contribution is 5.68. The predicted molar refractivity (Wildman–Crippen MR) is 71.8 cm³/mol. The van der Waals surface area contributed by atoms with Gasteiger partial charge in [-0.3, -0.25) is 4.79 Å². The van der Waals surface area contributed by atoms with Gasteiger partial charge in [0.2, 0.25) is 0 Å². The zero-order valence-electron chi connectivity index (χ0n) is 11.6. The second-order valence-electron chi connectivity index (χ2n) is 4.19. The van der Waals surface area contributed by atoms with E-state index in [0.29, 0.717) is 37.4 Å². The van der Waals surface area contributed by atoms with Crippen LogP contribution >= 0.6 is 0 Å². The molecule has 1 rings (SSSR count). The van der Waals surface area contributed by atoms with Crippen LogP contribution in [-0.4, -0.2) is 19.2 Å². The van der Waals surface area contributed by atoms with Gasteiger partial charge >= 0.3 is 5.97 Å². The summed E-state index contributed by atoms with van der Waals surface area (Å²) < 4.78 is 24.1. The molecule has 4 heteroatoms. The molecule has 0 N–H and O–H groups in total. The molecule has 106 valence electrons. The van der Waals surface area contributed by atoms with Crippen LogP contribution in [0, 0.1) is 5.82 Å². The molecule has 0 aliphatic carbocycles. The van der Waals surface area contributed by atoms with Crippen molar-refractivity contribution < 1.29 is 18.7 Å². The molecule has 0 saturated carbocycles. The first-order valence-corrected chi connectivity index (χ1v) is 6.74. The van der Waals surface area contributed by atoms with Crippen LogP contribution in [0.5, 0.6) is 5.75 Å². The molecule has 0 atom stereocenters. The first-order valence-electron chi connectivity index (χ1n) is 6.74. The average molecular weight is 268 g/mol. The van der Waals surface area contributed by atoms with Gasteiger partial charge in [0.15, 0.2) is 11.6 Å². The molecule has 0 aliphatic heterocycles. The standard InChI is InChI=1S/C15H21FO3/c1-3-14(17)19-11-6-5-8-12-9-7-10-13(15(12)16)18-4-2/h7,9-10H,3-6,8,11H2,1-2H3. The number of unbranched alkanes of at least 4 members (excludes halogenated alkanes) is 1. The topological polar surface area (TPSA) is 35.5 Å². The van der Waals surface area contributed by atoms with Gasteiger partial charge in [-0.15, -0.1) is 0 Å². The van der Waals surface area contributed by atoms with Crippen molar-refractivity contribution in [1.29, 1.82) is 0 Å². The Morgan fingerprint density at radius 1 is 1.26 bits per heavy atom. The second-order valence-corrected chi connectivity index (χ2v) is 4.19. The Kier molecular flexibility index (Phi) is 6.93. The molecule has 1 aromatic carbocycles. The van der Waals surface area contributed by atoms with Crippen molar-refractivity contribution in [3.05, 3.63) is 29.6 Å². The number of benzene rings is 1. The number of hydrogen-bond donors (Lipinski definition) is 0. The van der Waals surface area contributed by atoms with E-state index in [4.69, 9.17) is 9.47 Å². The Labute approximate surface area is 113 Å². The average Bonchev–Trinajstić information content (AvgIpc) is 2.42. The van der Waals surface area contributed by atoms with E-state index in [2.05, 4.69) is 0 Å². The quantitative estimate of drug-likeness (QED) is 0.534. The molecular weight excluding hydrogens is 247 g/mol. The van der Waals surface area contributed by atoms with Crippen molar-refractivity contribution >= 4 is 5.97 Å². The molecule has 1 aromatic rings. The Morgan fingerprint density at radius 2 is 2.05 bits per heavy atom. The summed E-state index contributed by atoms with van der Waals surface area (Å²) in [5, 5.41) is 0. The summed E-state index contributed by atoms with van der Waals surface area (Å²) in [5.74, 6) is -0.170. The fourth-order valence-corrected chi connectivity index (χ4v) is 1.72. The summed E-state index contributed by atoms with van der Waals surface area (Å²) >= 11 is 0. The highest BCUT2D eigenvalue weighted by Crippen LogP contribution is 2.21. The van der Waals surface area contributed by atoms with Crippen LogP contribution in [0.2, 0.25) is 0 Å². The molecule has 19 heavy (non-hydrogen) atoms. The van der Waals surface area contributed by atoms with E-state index in [0.717, 1.165) is 12.8 Å². The molecule has 0 radical (unpaired) electrons. The van der Waals surface area contributed by atoms with E-state index in [1.54, 1.807) is 25.1 Å². The number of rotatable bonds is 8. The molecule has 0 spiro atoms. The van der Waals surface area contributed by atoms with E-state index in [1.165, 1.54) is 0 Å². The second kappa shape index (κ2) is 8.51. The SMILES string of the molecule is CCOc1cccc(CCCCOC(=O)CC)c1F. The third-order valence-electron chi connectivity index (χ3n) is 2.74. The fourth-order valence-electron chi connectivity index (χ4n) is 1.72.